The SMILES string of the molecule is CCN(CC)C[C@@H](O)COc1cc2ncnc(Oc3ccc4[nH]c(C)cc4c3)c2cc1OC. The predicted molar refractivity (Wildman–Crippen MR) is 128 cm³/mol. The van der Waals surface area contributed by atoms with Crippen molar-refractivity contribution in [2.75, 3.05) is 33.4 Å². The third-order valence-corrected chi connectivity index (χ3v) is 5.62. The Morgan fingerprint density at radius 1 is 1.06 bits per heavy atom. The number of ether oxygens (including phenoxy) is 3. The number of methoxy groups -OCH3 is 1. The van der Waals surface area contributed by atoms with Gasteiger partial charge in [-0.2, -0.15) is 0 Å². The molecule has 33 heavy (non-hydrogen) atoms. The van der Waals surface area contributed by atoms with E-state index in [1.165, 1.54) is 6.33 Å². The number of rotatable bonds is 10. The van der Waals surface area contributed by atoms with Gasteiger partial charge in [0.2, 0.25) is 5.88 Å². The lowest BCUT2D eigenvalue weighted by Gasteiger charge is -2.22. The Hall–Kier alpha value is -3.36. The second-order valence-electron chi connectivity index (χ2n) is 7.95. The van der Waals surface area contributed by atoms with Crippen molar-refractivity contribution in [1.82, 2.24) is 19.9 Å². The lowest BCUT2D eigenvalue weighted by Crippen LogP contribution is -2.35. The summed E-state index contributed by atoms with van der Waals surface area (Å²) < 4.78 is 17.5. The number of nitrogens with one attached hydrogen (secondary N) is 1. The van der Waals surface area contributed by atoms with Gasteiger partial charge >= 0.3 is 0 Å². The van der Waals surface area contributed by atoms with Gasteiger partial charge in [-0.05, 0) is 50.3 Å². The van der Waals surface area contributed by atoms with Crippen molar-refractivity contribution >= 4 is 21.8 Å². The lowest BCUT2D eigenvalue weighted by molar-refractivity contribution is 0.0706. The molecule has 0 radical (unpaired) electrons. The Kier molecular flexibility index (Phi) is 6.96. The Morgan fingerprint density at radius 3 is 2.64 bits per heavy atom. The van der Waals surface area contributed by atoms with Crippen molar-refractivity contribution in [1.29, 1.82) is 0 Å². The smallest absolute Gasteiger partial charge is 0.230 e. The van der Waals surface area contributed by atoms with Crippen LogP contribution in [0.25, 0.3) is 21.8 Å². The number of hydrogen-bond donors (Lipinski definition) is 2. The van der Waals surface area contributed by atoms with Gasteiger partial charge in [-0.1, -0.05) is 13.8 Å². The topological polar surface area (TPSA) is 92.7 Å². The molecule has 0 aliphatic carbocycles. The minimum atomic E-state index is -0.610. The fourth-order valence-corrected chi connectivity index (χ4v) is 3.84. The van der Waals surface area contributed by atoms with Gasteiger partial charge in [0.05, 0.1) is 18.0 Å². The van der Waals surface area contributed by atoms with Crippen LogP contribution in [0, 0.1) is 6.92 Å². The van der Waals surface area contributed by atoms with Gasteiger partial charge < -0.3 is 29.2 Å². The van der Waals surface area contributed by atoms with E-state index >= 15 is 0 Å². The summed E-state index contributed by atoms with van der Waals surface area (Å²) >= 11 is 0. The van der Waals surface area contributed by atoms with Crippen molar-refractivity contribution < 1.29 is 19.3 Å². The summed E-state index contributed by atoms with van der Waals surface area (Å²) in [4.78, 5) is 14.2. The minimum Gasteiger partial charge on any atom is -0.493 e. The van der Waals surface area contributed by atoms with Crippen molar-refractivity contribution in [3.05, 3.63) is 48.4 Å². The quantitative estimate of drug-likeness (QED) is 0.372. The first-order chi connectivity index (χ1) is 16.0. The van der Waals surface area contributed by atoms with Crippen LogP contribution in [-0.2, 0) is 0 Å². The number of aromatic nitrogens is 3. The van der Waals surface area contributed by atoms with Crippen molar-refractivity contribution in [2.45, 2.75) is 26.9 Å². The van der Waals surface area contributed by atoms with E-state index in [0.29, 0.717) is 40.6 Å². The highest BCUT2D eigenvalue weighted by Gasteiger charge is 2.16. The second-order valence-corrected chi connectivity index (χ2v) is 7.95. The van der Waals surface area contributed by atoms with Crippen LogP contribution >= 0.6 is 0 Å². The van der Waals surface area contributed by atoms with Gasteiger partial charge in [0, 0.05) is 29.2 Å². The molecule has 0 spiro atoms. The molecule has 0 aliphatic rings. The molecule has 4 aromatic rings. The molecular formula is C25H30N4O4. The van der Waals surface area contributed by atoms with E-state index in [0.717, 1.165) is 29.7 Å². The number of hydrogen-bond acceptors (Lipinski definition) is 7. The van der Waals surface area contributed by atoms with Crippen LogP contribution in [0.1, 0.15) is 19.5 Å². The molecule has 0 aliphatic heterocycles. The van der Waals surface area contributed by atoms with Crippen molar-refractivity contribution in [2.24, 2.45) is 0 Å². The molecule has 0 saturated carbocycles. The molecule has 1 atom stereocenters. The first-order valence-corrected chi connectivity index (χ1v) is 11.1. The number of H-pyrrole nitrogens is 1. The summed E-state index contributed by atoms with van der Waals surface area (Å²) in [6.07, 6.45) is 0.851. The van der Waals surface area contributed by atoms with Gasteiger partial charge in [-0.3, -0.25) is 0 Å². The van der Waals surface area contributed by atoms with Gasteiger partial charge in [0.15, 0.2) is 11.5 Å². The number of aryl methyl sites for hydroxylation is 1. The van der Waals surface area contributed by atoms with E-state index in [-0.39, 0.29) is 6.61 Å². The normalized spacial score (nSPS) is 12.4. The summed E-state index contributed by atoms with van der Waals surface area (Å²) in [5, 5.41) is 12.1. The first-order valence-electron chi connectivity index (χ1n) is 11.1. The number of likely N-dealkylation sites (N-methyl/N-ethyl adjacent to an activating group) is 1. The molecule has 0 amide bonds. The summed E-state index contributed by atoms with van der Waals surface area (Å²) in [7, 11) is 1.58. The van der Waals surface area contributed by atoms with Crippen LogP contribution < -0.4 is 14.2 Å². The minimum absolute atomic E-state index is 0.156. The van der Waals surface area contributed by atoms with Crippen LogP contribution in [0.5, 0.6) is 23.1 Å². The summed E-state index contributed by atoms with van der Waals surface area (Å²) in [5.74, 6) is 2.14. The molecule has 2 aromatic heterocycles. The van der Waals surface area contributed by atoms with Gasteiger partial charge in [-0.15, -0.1) is 0 Å². The predicted octanol–water partition coefficient (Wildman–Crippen LogP) is 4.30. The number of benzene rings is 2. The average Bonchev–Trinajstić information content (AvgIpc) is 3.20. The lowest BCUT2D eigenvalue weighted by atomic mass is 10.2. The highest BCUT2D eigenvalue weighted by molar-refractivity contribution is 5.87. The zero-order chi connectivity index (χ0) is 23.4. The average molecular weight is 451 g/mol. The Balaban J connectivity index is 1.57. The molecule has 0 saturated heterocycles. The number of nitrogens with zero attached hydrogens (tertiary/aromatic N) is 3. The Bertz CT molecular complexity index is 1240. The largest absolute Gasteiger partial charge is 0.493 e. The molecule has 0 unspecified atom stereocenters. The maximum Gasteiger partial charge on any atom is 0.230 e. The van der Waals surface area contributed by atoms with Crippen LogP contribution in [0.2, 0.25) is 0 Å². The summed E-state index contributed by atoms with van der Waals surface area (Å²) in [6, 6.07) is 11.5. The van der Waals surface area contributed by atoms with E-state index < -0.39 is 6.10 Å². The number of aromatic amines is 1. The third-order valence-electron chi connectivity index (χ3n) is 5.62. The molecule has 8 heteroatoms. The Morgan fingerprint density at radius 2 is 1.88 bits per heavy atom. The van der Waals surface area contributed by atoms with E-state index in [9.17, 15) is 5.11 Å². The fraction of sp³-hybridized carbons (Fsp3) is 0.360. The fourth-order valence-electron chi connectivity index (χ4n) is 3.84. The monoisotopic (exact) mass is 450 g/mol. The van der Waals surface area contributed by atoms with E-state index in [4.69, 9.17) is 14.2 Å². The summed E-state index contributed by atoms with van der Waals surface area (Å²) in [5.41, 5.74) is 2.81. The van der Waals surface area contributed by atoms with Crippen LogP contribution in [0.3, 0.4) is 0 Å². The standard InChI is InChI=1S/C25H30N4O4/c1-5-29(6-2)13-18(30)14-32-24-12-22-20(11-23(24)31-4)25(27-15-26-22)33-19-7-8-21-17(10-19)9-16(3)28-21/h7-12,15,18,28,30H,5-6,13-14H2,1-4H3/t18-/m1/s1. The second kappa shape index (κ2) is 10.1. The molecule has 2 aromatic carbocycles. The van der Waals surface area contributed by atoms with E-state index in [1.54, 1.807) is 19.2 Å². The third kappa shape index (κ3) is 5.18. The number of fused-ring (bicyclic) bond motifs is 2. The van der Waals surface area contributed by atoms with Crippen LogP contribution in [-0.4, -0.2) is 64.4 Å². The van der Waals surface area contributed by atoms with E-state index in [1.807, 2.05) is 25.1 Å². The molecule has 2 heterocycles. The molecule has 0 bridgehead atoms. The van der Waals surface area contributed by atoms with Gasteiger partial charge in [0.25, 0.3) is 0 Å². The molecule has 0 fully saturated rings. The highest BCUT2D eigenvalue weighted by atomic mass is 16.5. The maximum absolute atomic E-state index is 10.3. The molecular weight excluding hydrogens is 420 g/mol. The first kappa shape index (κ1) is 22.8. The highest BCUT2D eigenvalue weighted by Crippen LogP contribution is 2.36. The van der Waals surface area contributed by atoms with E-state index in [2.05, 4.69) is 39.8 Å². The molecule has 2 N–H and O–H groups in total. The van der Waals surface area contributed by atoms with Crippen molar-refractivity contribution in [3.63, 3.8) is 0 Å². The maximum atomic E-state index is 10.3. The van der Waals surface area contributed by atoms with Crippen molar-refractivity contribution in [3.8, 4) is 23.1 Å². The number of aliphatic hydroxyl groups excluding tert-OH is 1. The Labute approximate surface area is 193 Å². The molecule has 174 valence electrons. The van der Waals surface area contributed by atoms with Crippen LogP contribution in [0.4, 0.5) is 0 Å². The molecule has 8 nitrogen and oxygen atoms in total. The van der Waals surface area contributed by atoms with Crippen LogP contribution in [0.15, 0.2) is 42.7 Å². The number of aliphatic hydroxyl groups is 1. The molecule has 4 rings (SSSR count). The zero-order valence-corrected chi connectivity index (χ0v) is 19.5. The van der Waals surface area contributed by atoms with Gasteiger partial charge in [0.1, 0.15) is 24.8 Å². The van der Waals surface area contributed by atoms with Gasteiger partial charge in [-0.25, -0.2) is 9.97 Å². The summed E-state index contributed by atoms with van der Waals surface area (Å²) in [6.45, 7) is 8.62. The zero-order valence-electron chi connectivity index (χ0n) is 19.5.